The molecule has 0 heterocycles. The molecule has 202 valence electrons. The minimum Gasteiger partial charge on any atom is -0.493 e. The summed E-state index contributed by atoms with van der Waals surface area (Å²) in [6.07, 6.45) is 13.7. The maximum atomic E-state index is 12.7. The molecule has 6 heteroatoms. The van der Waals surface area contributed by atoms with Crippen LogP contribution in [0.5, 0.6) is 11.5 Å². The lowest BCUT2D eigenvalue weighted by Crippen LogP contribution is -2.15. The second kappa shape index (κ2) is 19.6. The third-order valence-electron chi connectivity index (χ3n) is 4.68. The average molecular weight is 517 g/mol. The van der Waals surface area contributed by atoms with Gasteiger partial charge in [-0.1, -0.05) is 88.3 Å². The van der Waals surface area contributed by atoms with Crippen molar-refractivity contribution in [2.45, 2.75) is 27.7 Å². The SMILES string of the molecule is C=C/C=C(\C=C/C)C(=O)Nc1ccc(C)c(NC(=O)c2ccc(OC)c(OC)c2)c1.C=C/C=C\C=C.CC. The van der Waals surface area contributed by atoms with Crippen LogP contribution >= 0.6 is 0 Å². The van der Waals surface area contributed by atoms with Crippen molar-refractivity contribution in [1.82, 2.24) is 0 Å². The van der Waals surface area contributed by atoms with Gasteiger partial charge in [-0.05, 0) is 49.7 Å². The van der Waals surface area contributed by atoms with Crippen molar-refractivity contribution < 1.29 is 19.1 Å². The molecule has 2 aromatic rings. The molecule has 0 aromatic heterocycles. The lowest BCUT2D eigenvalue weighted by Gasteiger charge is -2.13. The maximum absolute atomic E-state index is 12.7. The highest BCUT2D eigenvalue weighted by Crippen LogP contribution is 2.28. The number of allylic oxidation sites excluding steroid dienone is 7. The smallest absolute Gasteiger partial charge is 0.255 e. The quantitative estimate of drug-likeness (QED) is 0.249. The first kappa shape index (κ1) is 33.4. The van der Waals surface area contributed by atoms with Crippen LogP contribution in [0.3, 0.4) is 0 Å². The van der Waals surface area contributed by atoms with Gasteiger partial charge < -0.3 is 20.1 Å². The van der Waals surface area contributed by atoms with Crippen molar-refractivity contribution in [3.8, 4) is 11.5 Å². The topological polar surface area (TPSA) is 76.7 Å². The van der Waals surface area contributed by atoms with E-state index in [4.69, 9.17) is 9.47 Å². The Hall–Kier alpha value is -4.58. The zero-order chi connectivity index (χ0) is 28.9. The molecule has 0 aliphatic carbocycles. The number of nitrogens with one attached hydrogen (secondary N) is 2. The van der Waals surface area contributed by atoms with Crippen molar-refractivity contribution in [2.24, 2.45) is 0 Å². The van der Waals surface area contributed by atoms with Crippen molar-refractivity contribution >= 4 is 23.2 Å². The number of benzene rings is 2. The van der Waals surface area contributed by atoms with Gasteiger partial charge in [-0.25, -0.2) is 0 Å². The number of carbonyl (C=O) groups is 2. The largest absolute Gasteiger partial charge is 0.493 e. The number of hydrogen-bond donors (Lipinski definition) is 2. The number of anilines is 2. The molecule has 6 nitrogen and oxygen atoms in total. The van der Waals surface area contributed by atoms with Gasteiger partial charge in [0.25, 0.3) is 11.8 Å². The molecule has 0 saturated carbocycles. The van der Waals surface area contributed by atoms with Crippen molar-refractivity contribution in [1.29, 1.82) is 0 Å². The Kier molecular flexibility index (Phi) is 17.2. The summed E-state index contributed by atoms with van der Waals surface area (Å²) in [4.78, 5) is 25.2. The van der Waals surface area contributed by atoms with Gasteiger partial charge in [0.2, 0.25) is 0 Å². The summed E-state index contributed by atoms with van der Waals surface area (Å²) in [6.45, 7) is 18.3. The minimum absolute atomic E-state index is 0.269. The monoisotopic (exact) mass is 516 g/mol. The molecule has 0 spiro atoms. The van der Waals surface area contributed by atoms with Crippen LogP contribution in [-0.4, -0.2) is 26.0 Å². The number of ether oxygens (including phenoxy) is 2. The Morgan fingerprint density at radius 1 is 0.842 bits per heavy atom. The molecule has 2 aromatic carbocycles. The summed E-state index contributed by atoms with van der Waals surface area (Å²) in [6, 6.07) is 10.3. The van der Waals surface area contributed by atoms with Crippen LogP contribution in [-0.2, 0) is 4.79 Å². The molecule has 2 N–H and O–H groups in total. The third-order valence-corrected chi connectivity index (χ3v) is 4.68. The molecule has 0 fully saturated rings. The lowest BCUT2D eigenvalue weighted by atomic mass is 10.1. The molecule has 0 aliphatic rings. The summed E-state index contributed by atoms with van der Waals surface area (Å²) in [5, 5.41) is 5.71. The van der Waals surface area contributed by atoms with Gasteiger partial charge >= 0.3 is 0 Å². The van der Waals surface area contributed by atoms with Crippen LogP contribution in [0.25, 0.3) is 0 Å². The average Bonchev–Trinajstić information content (AvgIpc) is 2.94. The highest BCUT2D eigenvalue weighted by Gasteiger charge is 2.13. The predicted molar refractivity (Wildman–Crippen MR) is 161 cm³/mol. The van der Waals surface area contributed by atoms with E-state index in [1.54, 1.807) is 66.8 Å². The summed E-state index contributed by atoms with van der Waals surface area (Å²) in [5.41, 5.74) is 2.91. The number of methoxy groups -OCH3 is 2. The van der Waals surface area contributed by atoms with Crippen LogP contribution in [0.2, 0.25) is 0 Å². The van der Waals surface area contributed by atoms with Crippen LogP contribution in [0.1, 0.15) is 36.7 Å². The molecule has 0 atom stereocenters. The Balaban J connectivity index is 0.00000150. The van der Waals surface area contributed by atoms with Gasteiger partial charge in [0.05, 0.1) is 14.2 Å². The molecule has 2 amide bonds. The molecule has 0 radical (unpaired) electrons. The predicted octanol–water partition coefficient (Wildman–Crippen LogP) is 7.83. The molecular formula is C32H40N2O4. The third kappa shape index (κ3) is 11.4. The van der Waals surface area contributed by atoms with E-state index in [9.17, 15) is 9.59 Å². The normalized spacial score (nSPS) is 10.3. The Labute approximate surface area is 227 Å². The van der Waals surface area contributed by atoms with E-state index in [2.05, 4.69) is 30.4 Å². The number of aryl methyl sites for hydroxylation is 1. The van der Waals surface area contributed by atoms with Crippen molar-refractivity contribution in [2.75, 3.05) is 24.9 Å². The highest BCUT2D eigenvalue weighted by molar-refractivity contribution is 6.07. The first-order valence-corrected chi connectivity index (χ1v) is 12.2. The molecule has 0 unspecified atom stereocenters. The number of hydrogen-bond acceptors (Lipinski definition) is 4. The minimum atomic E-state index is -0.302. The van der Waals surface area contributed by atoms with Crippen LogP contribution in [0.4, 0.5) is 11.4 Å². The Morgan fingerprint density at radius 2 is 1.47 bits per heavy atom. The van der Waals surface area contributed by atoms with Gasteiger partial charge in [0, 0.05) is 22.5 Å². The Bertz CT molecular complexity index is 1160. The number of amides is 2. The number of rotatable bonds is 10. The number of carbonyl (C=O) groups excluding carboxylic acids is 2. The molecule has 38 heavy (non-hydrogen) atoms. The van der Waals surface area contributed by atoms with Gasteiger partial charge in [0.1, 0.15) is 0 Å². The van der Waals surface area contributed by atoms with Crippen molar-refractivity contribution in [3.63, 3.8) is 0 Å². The molecular weight excluding hydrogens is 476 g/mol. The van der Waals surface area contributed by atoms with Gasteiger partial charge in [-0.15, -0.1) is 0 Å². The highest BCUT2D eigenvalue weighted by atomic mass is 16.5. The zero-order valence-electron chi connectivity index (χ0n) is 23.3. The maximum Gasteiger partial charge on any atom is 0.255 e. The molecule has 0 bridgehead atoms. The van der Waals surface area contributed by atoms with Gasteiger partial charge in [-0.3, -0.25) is 9.59 Å². The van der Waals surface area contributed by atoms with E-state index in [0.29, 0.717) is 34.0 Å². The fraction of sp³-hybridized carbons (Fsp3) is 0.188. The zero-order valence-corrected chi connectivity index (χ0v) is 23.3. The van der Waals surface area contributed by atoms with E-state index in [1.807, 2.05) is 45.9 Å². The first-order valence-electron chi connectivity index (χ1n) is 12.2. The van der Waals surface area contributed by atoms with Crippen LogP contribution in [0.15, 0.2) is 110 Å². The molecule has 0 saturated heterocycles. The molecule has 0 aliphatic heterocycles. The van der Waals surface area contributed by atoms with Crippen LogP contribution < -0.4 is 20.1 Å². The second-order valence-corrected chi connectivity index (χ2v) is 7.22. The molecule has 2 rings (SSSR count). The van der Waals surface area contributed by atoms with E-state index in [0.717, 1.165) is 5.56 Å². The first-order chi connectivity index (χ1) is 18.3. The summed E-state index contributed by atoms with van der Waals surface area (Å²) in [5.74, 6) is 0.436. The van der Waals surface area contributed by atoms with E-state index in [1.165, 1.54) is 14.2 Å². The van der Waals surface area contributed by atoms with Gasteiger partial charge in [-0.2, -0.15) is 0 Å². The lowest BCUT2D eigenvalue weighted by molar-refractivity contribution is -0.112. The standard InChI is InChI=1S/C24H26N2O4.C6H8.C2H6/c1-6-8-17(9-7-2)23(27)25-19-12-10-16(3)20(15-19)26-24(28)18-11-13-21(29-4)22(14-18)30-5;1-3-5-6-4-2;1-2/h6-15H,1H2,2-5H3,(H,25,27)(H,26,28);3-6H,1-2H2;1-2H3/b9-7-,17-8+;6-5-;. The second-order valence-electron chi connectivity index (χ2n) is 7.22. The van der Waals surface area contributed by atoms with Crippen molar-refractivity contribution in [3.05, 3.63) is 121 Å². The van der Waals surface area contributed by atoms with Crippen LogP contribution in [0, 0.1) is 6.92 Å². The summed E-state index contributed by atoms with van der Waals surface area (Å²) >= 11 is 0. The summed E-state index contributed by atoms with van der Waals surface area (Å²) in [7, 11) is 3.05. The van der Waals surface area contributed by atoms with E-state index < -0.39 is 0 Å². The van der Waals surface area contributed by atoms with E-state index in [-0.39, 0.29) is 11.8 Å². The Morgan fingerprint density at radius 3 is 2.00 bits per heavy atom. The van der Waals surface area contributed by atoms with Gasteiger partial charge in [0.15, 0.2) is 11.5 Å². The fourth-order valence-electron chi connectivity index (χ4n) is 2.88. The fourth-order valence-corrected chi connectivity index (χ4v) is 2.88. The van der Waals surface area contributed by atoms with E-state index >= 15 is 0 Å². The summed E-state index contributed by atoms with van der Waals surface area (Å²) < 4.78 is 10.5.